The third-order valence-electron chi connectivity index (χ3n) is 3.15. The Kier molecular flexibility index (Phi) is 4.82. The zero-order chi connectivity index (χ0) is 11.3. The van der Waals surface area contributed by atoms with E-state index in [0.717, 1.165) is 25.7 Å². The summed E-state index contributed by atoms with van der Waals surface area (Å²) in [7, 11) is 1.76. The first-order valence-corrected chi connectivity index (χ1v) is 5.60. The molecule has 0 aromatic carbocycles. The summed E-state index contributed by atoms with van der Waals surface area (Å²) in [5.74, 6) is 0.149. The number of methoxy groups -OCH3 is 1. The molecule has 0 heterocycles. The zero-order valence-electron chi connectivity index (χ0n) is 9.74. The lowest BCUT2D eigenvalue weighted by Crippen LogP contribution is -2.42. The van der Waals surface area contributed by atoms with Crippen LogP contribution in [0.4, 0.5) is 0 Å². The topological polar surface area (TPSA) is 29.5 Å². The van der Waals surface area contributed by atoms with E-state index in [9.17, 15) is 4.79 Å². The minimum Gasteiger partial charge on any atom is -0.381 e. The highest BCUT2D eigenvalue weighted by atomic mass is 16.5. The Balaban J connectivity index is 2.48. The average Bonchev–Trinajstić information content (AvgIpc) is 2.26. The van der Waals surface area contributed by atoms with Crippen LogP contribution in [0.2, 0.25) is 0 Å². The maximum Gasteiger partial charge on any atom is 0.219 e. The van der Waals surface area contributed by atoms with Gasteiger partial charge in [0.15, 0.2) is 0 Å². The van der Waals surface area contributed by atoms with E-state index in [0.29, 0.717) is 18.7 Å². The Hall–Kier alpha value is -0.830. The van der Waals surface area contributed by atoms with Crippen molar-refractivity contribution in [2.75, 3.05) is 13.7 Å². The molecule has 1 aliphatic rings. The SMILES string of the molecule is C=CCN(C(C)=O)C1CCC(OC)CC1. The molecule has 0 aromatic rings. The summed E-state index contributed by atoms with van der Waals surface area (Å²) in [6.07, 6.45) is 6.39. The van der Waals surface area contributed by atoms with Gasteiger partial charge in [0, 0.05) is 26.6 Å². The molecule has 0 saturated heterocycles. The van der Waals surface area contributed by atoms with E-state index < -0.39 is 0 Å². The molecule has 3 heteroatoms. The Morgan fingerprint density at radius 2 is 2.07 bits per heavy atom. The van der Waals surface area contributed by atoms with E-state index in [2.05, 4.69) is 6.58 Å². The van der Waals surface area contributed by atoms with Crippen molar-refractivity contribution < 1.29 is 9.53 Å². The molecule has 1 fully saturated rings. The normalized spacial score (nSPS) is 26.0. The number of amides is 1. The van der Waals surface area contributed by atoms with Crippen molar-refractivity contribution in [1.82, 2.24) is 4.90 Å². The quantitative estimate of drug-likeness (QED) is 0.665. The van der Waals surface area contributed by atoms with Gasteiger partial charge in [-0.15, -0.1) is 6.58 Å². The van der Waals surface area contributed by atoms with Gasteiger partial charge in [0.1, 0.15) is 0 Å². The van der Waals surface area contributed by atoms with Gasteiger partial charge in [-0.05, 0) is 25.7 Å². The smallest absolute Gasteiger partial charge is 0.219 e. The number of carbonyl (C=O) groups is 1. The van der Waals surface area contributed by atoms with Gasteiger partial charge in [0.05, 0.1) is 6.10 Å². The summed E-state index contributed by atoms with van der Waals surface area (Å²) in [5, 5.41) is 0. The van der Waals surface area contributed by atoms with E-state index in [1.54, 1.807) is 20.1 Å². The molecule has 0 bridgehead atoms. The van der Waals surface area contributed by atoms with E-state index in [1.165, 1.54) is 0 Å². The molecule has 0 radical (unpaired) electrons. The first-order chi connectivity index (χ1) is 7.19. The second kappa shape index (κ2) is 5.91. The van der Waals surface area contributed by atoms with Crippen LogP contribution in [0.3, 0.4) is 0 Å². The van der Waals surface area contributed by atoms with Crippen LogP contribution in [0.5, 0.6) is 0 Å². The molecular formula is C12H21NO2. The van der Waals surface area contributed by atoms with E-state index >= 15 is 0 Å². The van der Waals surface area contributed by atoms with Gasteiger partial charge in [0.25, 0.3) is 0 Å². The molecule has 0 unspecified atom stereocenters. The van der Waals surface area contributed by atoms with Crippen molar-refractivity contribution >= 4 is 5.91 Å². The molecule has 86 valence electrons. The molecule has 0 N–H and O–H groups in total. The highest BCUT2D eigenvalue weighted by Crippen LogP contribution is 2.24. The fourth-order valence-corrected chi connectivity index (χ4v) is 2.27. The van der Waals surface area contributed by atoms with Gasteiger partial charge in [-0.2, -0.15) is 0 Å². The van der Waals surface area contributed by atoms with Crippen LogP contribution < -0.4 is 0 Å². The fraction of sp³-hybridized carbons (Fsp3) is 0.750. The van der Waals surface area contributed by atoms with Crippen molar-refractivity contribution in [2.45, 2.75) is 44.8 Å². The Morgan fingerprint density at radius 3 is 2.47 bits per heavy atom. The van der Waals surface area contributed by atoms with Gasteiger partial charge in [-0.1, -0.05) is 6.08 Å². The third-order valence-corrected chi connectivity index (χ3v) is 3.15. The molecule has 1 saturated carbocycles. The van der Waals surface area contributed by atoms with Crippen LogP contribution in [0.1, 0.15) is 32.6 Å². The van der Waals surface area contributed by atoms with Crippen LogP contribution in [-0.4, -0.2) is 36.6 Å². The number of hydrogen-bond donors (Lipinski definition) is 0. The molecule has 0 aromatic heterocycles. The largest absolute Gasteiger partial charge is 0.381 e. The highest BCUT2D eigenvalue weighted by Gasteiger charge is 2.26. The van der Waals surface area contributed by atoms with Crippen molar-refractivity contribution in [2.24, 2.45) is 0 Å². The van der Waals surface area contributed by atoms with E-state index in [1.807, 2.05) is 4.90 Å². The Bertz CT molecular complexity index is 220. The maximum absolute atomic E-state index is 11.4. The second-order valence-electron chi connectivity index (χ2n) is 4.13. The molecule has 0 spiro atoms. The van der Waals surface area contributed by atoms with Crippen LogP contribution in [0.15, 0.2) is 12.7 Å². The predicted octanol–water partition coefficient (Wildman–Crippen LogP) is 1.98. The van der Waals surface area contributed by atoms with Gasteiger partial charge < -0.3 is 9.64 Å². The average molecular weight is 211 g/mol. The Labute approximate surface area is 92.1 Å². The number of nitrogens with zero attached hydrogens (tertiary/aromatic N) is 1. The van der Waals surface area contributed by atoms with Gasteiger partial charge in [-0.25, -0.2) is 0 Å². The number of ether oxygens (including phenoxy) is 1. The summed E-state index contributed by atoms with van der Waals surface area (Å²) in [6, 6.07) is 0.381. The summed E-state index contributed by atoms with van der Waals surface area (Å²) in [5.41, 5.74) is 0. The van der Waals surface area contributed by atoms with Gasteiger partial charge in [0.2, 0.25) is 5.91 Å². The second-order valence-corrected chi connectivity index (χ2v) is 4.13. The molecule has 0 aliphatic heterocycles. The zero-order valence-corrected chi connectivity index (χ0v) is 9.74. The van der Waals surface area contributed by atoms with E-state index in [-0.39, 0.29) is 5.91 Å². The van der Waals surface area contributed by atoms with Crippen LogP contribution in [0.25, 0.3) is 0 Å². The lowest BCUT2D eigenvalue weighted by molar-refractivity contribution is -0.131. The maximum atomic E-state index is 11.4. The molecule has 1 rings (SSSR count). The summed E-state index contributed by atoms with van der Waals surface area (Å²) < 4.78 is 5.32. The van der Waals surface area contributed by atoms with Gasteiger partial charge in [-0.3, -0.25) is 4.79 Å². The van der Waals surface area contributed by atoms with Crippen molar-refractivity contribution in [3.05, 3.63) is 12.7 Å². The number of hydrogen-bond acceptors (Lipinski definition) is 2. The monoisotopic (exact) mass is 211 g/mol. The summed E-state index contributed by atoms with van der Waals surface area (Å²) in [6.45, 7) is 5.99. The molecule has 3 nitrogen and oxygen atoms in total. The standard InChI is InChI=1S/C12H21NO2/c1-4-9-13(10(2)14)11-5-7-12(15-3)8-6-11/h4,11-12H,1,5-9H2,2-3H3. The first-order valence-electron chi connectivity index (χ1n) is 5.60. The summed E-state index contributed by atoms with van der Waals surface area (Å²) in [4.78, 5) is 13.3. The van der Waals surface area contributed by atoms with Crippen molar-refractivity contribution in [1.29, 1.82) is 0 Å². The molecule has 1 aliphatic carbocycles. The van der Waals surface area contributed by atoms with Crippen LogP contribution >= 0.6 is 0 Å². The Morgan fingerprint density at radius 1 is 1.47 bits per heavy atom. The molecule has 15 heavy (non-hydrogen) atoms. The van der Waals surface area contributed by atoms with Crippen LogP contribution in [0, 0.1) is 0 Å². The van der Waals surface area contributed by atoms with Crippen molar-refractivity contribution in [3.63, 3.8) is 0 Å². The number of rotatable bonds is 4. The number of carbonyl (C=O) groups excluding carboxylic acids is 1. The minimum absolute atomic E-state index is 0.149. The molecule has 1 amide bonds. The van der Waals surface area contributed by atoms with E-state index in [4.69, 9.17) is 4.74 Å². The van der Waals surface area contributed by atoms with Gasteiger partial charge >= 0.3 is 0 Å². The fourth-order valence-electron chi connectivity index (χ4n) is 2.27. The first kappa shape index (κ1) is 12.2. The van der Waals surface area contributed by atoms with Crippen LogP contribution in [-0.2, 0) is 9.53 Å². The minimum atomic E-state index is 0.149. The molecular weight excluding hydrogens is 190 g/mol. The third kappa shape index (κ3) is 3.34. The lowest BCUT2D eigenvalue weighted by atomic mass is 9.91. The molecule has 0 atom stereocenters. The predicted molar refractivity (Wildman–Crippen MR) is 60.6 cm³/mol. The highest BCUT2D eigenvalue weighted by molar-refractivity contribution is 5.73. The summed E-state index contributed by atoms with van der Waals surface area (Å²) >= 11 is 0. The lowest BCUT2D eigenvalue weighted by Gasteiger charge is -2.35. The van der Waals surface area contributed by atoms with Crippen molar-refractivity contribution in [3.8, 4) is 0 Å².